The Morgan fingerprint density at radius 3 is 2.78 bits per heavy atom. The third kappa shape index (κ3) is 2.77. The van der Waals surface area contributed by atoms with Gasteiger partial charge in [-0.15, -0.1) is 0 Å². The number of nitrogens with zero attached hydrogens (tertiary/aromatic N) is 3. The van der Waals surface area contributed by atoms with E-state index in [1.54, 1.807) is 6.20 Å². The zero-order chi connectivity index (χ0) is 13.0. The van der Waals surface area contributed by atoms with Crippen LogP contribution in [-0.2, 0) is 0 Å². The molecule has 0 aliphatic rings. The zero-order valence-electron chi connectivity index (χ0n) is 11.0. The van der Waals surface area contributed by atoms with Crippen LogP contribution in [0.3, 0.4) is 0 Å². The van der Waals surface area contributed by atoms with E-state index in [1.807, 2.05) is 32.3 Å². The molecule has 4 nitrogen and oxygen atoms in total. The first-order chi connectivity index (χ1) is 8.70. The summed E-state index contributed by atoms with van der Waals surface area (Å²) in [5, 5.41) is 3.19. The molecular weight excluding hydrogens is 224 g/mol. The van der Waals surface area contributed by atoms with Crippen LogP contribution in [0.5, 0.6) is 0 Å². The molecule has 0 aliphatic carbocycles. The molecule has 2 rings (SSSR count). The Balaban J connectivity index is 2.35. The summed E-state index contributed by atoms with van der Waals surface area (Å²) in [7, 11) is 4.05. The van der Waals surface area contributed by atoms with Crippen LogP contribution in [0.2, 0.25) is 0 Å². The summed E-state index contributed by atoms with van der Waals surface area (Å²) in [6.45, 7) is 2.91. The van der Waals surface area contributed by atoms with Crippen LogP contribution in [0, 0.1) is 0 Å². The average molecular weight is 242 g/mol. The molecule has 0 radical (unpaired) electrons. The van der Waals surface area contributed by atoms with Gasteiger partial charge < -0.3 is 10.2 Å². The predicted octanol–water partition coefficient (Wildman–Crippen LogP) is 2.64. The van der Waals surface area contributed by atoms with Crippen molar-refractivity contribution in [1.29, 1.82) is 0 Å². The van der Waals surface area contributed by atoms with E-state index in [-0.39, 0.29) is 0 Å². The van der Waals surface area contributed by atoms with Gasteiger partial charge in [-0.2, -0.15) is 0 Å². The monoisotopic (exact) mass is 242 g/mol. The summed E-state index contributed by atoms with van der Waals surface area (Å²) in [5.41, 5.74) is 2.17. The Hall–Kier alpha value is -2.10. The SMILES string of the molecule is CCNc1ccnc(-c2cccc(N(C)C)c2)n1. The molecule has 2 aromatic rings. The maximum Gasteiger partial charge on any atom is 0.161 e. The molecule has 0 saturated heterocycles. The van der Waals surface area contributed by atoms with E-state index in [1.165, 1.54) is 0 Å². The first kappa shape index (κ1) is 12.4. The summed E-state index contributed by atoms with van der Waals surface area (Å²) in [5.74, 6) is 1.61. The van der Waals surface area contributed by atoms with E-state index >= 15 is 0 Å². The Labute approximate surface area is 108 Å². The second-order valence-electron chi connectivity index (χ2n) is 4.24. The van der Waals surface area contributed by atoms with E-state index < -0.39 is 0 Å². The maximum atomic E-state index is 4.49. The number of aromatic nitrogens is 2. The normalized spacial score (nSPS) is 10.2. The van der Waals surface area contributed by atoms with Crippen LogP contribution in [0.1, 0.15) is 6.92 Å². The molecule has 1 N–H and O–H groups in total. The minimum Gasteiger partial charge on any atom is -0.378 e. The minimum absolute atomic E-state index is 0.747. The topological polar surface area (TPSA) is 41.1 Å². The van der Waals surface area contributed by atoms with Crippen molar-refractivity contribution in [1.82, 2.24) is 9.97 Å². The van der Waals surface area contributed by atoms with Gasteiger partial charge in [-0.3, -0.25) is 0 Å². The Kier molecular flexibility index (Phi) is 3.77. The van der Waals surface area contributed by atoms with Crippen molar-refractivity contribution >= 4 is 11.5 Å². The smallest absolute Gasteiger partial charge is 0.161 e. The lowest BCUT2D eigenvalue weighted by atomic mass is 10.2. The van der Waals surface area contributed by atoms with Crippen molar-refractivity contribution in [3.63, 3.8) is 0 Å². The fourth-order valence-electron chi connectivity index (χ4n) is 1.70. The van der Waals surface area contributed by atoms with Crippen molar-refractivity contribution in [3.05, 3.63) is 36.5 Å². The fourth-order valence-corrected chi connectivity index (χ4v) is 1.70. The lowest BCUT2D eigenvalue weighted by Crippen LogP contribution is -2.08. The van der Waals surface area contributed by atoms with Gasteiger partial charge in [0, 0.05) is 38.1 Å². The Morgan fingerprint density at radius 2 is 2.06 bits per heavy atom. The first-order valence-electron chi connectivity index (χ1n) is 6.05. The van der Waals surface area contributed by atoms with Crippen LogP contribution in [0.4, 0.5) is 11.5 Å². The summed E-state index contributed by atoms with van der Waals surface area (Å²) < 4.78 is 0. The zero-order valence-corrected chi connectivity index (χ0v) is 11.0. The number of hydrogen-bond donors (Lipinski definition) is 1. The minimum atomic E-state index is 0.747. The number of benzene rings is 1. The molecule has 0 saturated carbocycles. The molecule has 0 atom stereocenters. The summed E-state index contributed by atoms with van der Waals surface area (Å²) in [6.07, 6.45) is 1.78. The van der Waals surface area contributed by atoms with Crippen molar-refractivity contribution in [2.75, 3.05) is 30.9 Å². The van der Waals surface area contributed by atoms with E-state index in [4.69, 9.17) is 0 Å². The molecule has 4 heteroatoms. The Bertz CT molecular complexity index is 523. The lowest BCUT2D eigenvalue weighted by Gasteiger charge is -2.13. The molecule has 18 heavy (non-hydrogen) atoms. The highest BCUT2D eigenvalue weighted by atomic mass is 15.1. The Morgan fingerprint density at radius 1 is 1.22 bits per heavy atom. The molecule has 0 unspecified atom stereocenters. The third-order valence-corrected chi connectivity index (χ3v) is 2.63. The van der Waals surface area contributed by atoms with Crippen LogP contribution in [0.15, 0.2) is 36.5 Å². The van der Waals surface area contributed by atoms with Gasteiger partial charge in [-0.1, -0.05) is 12.1 Å². The summed E-state index contributed by atoms with van der Waals surface area (Å²) in [4.78, 5) is 10.9. The van der Waals surface area contributed by atoms with Crippen molar-refractivity contribution < 1.29 is 0 Å². The van der Waals surface area contributed by atoms with Crippen LogP contribution >= 0.6 is 0 Å². The van der Waals surface area contributed by atoms with Gasteiger partial charge in [0.1, 0.15) is 5.82 Å². The van der Waals surface area contributed by atoms with Gasteiger partial charge in [-0.05, 0) is 25.1 Å². The fraction of sp³-hybridized carbons (Fsp3) is 0.286. The third-order valence-electron chi connectivity index (χ3n) is 2.63. The van der Waals surface area contributed by atoms with E-state index in [2.05, 4.69) is 39.2 Å². The molecular formula is C14H18N4. The number of anilines is 2. The van der Waals surface area contributed by atoms with Crippen LogP contribution < -0.4 is 10.2 Å². The molecule has 0 aliphatic heterocycles. The second kappa shape index (κ2) is 5.49. The molecule has 0 fully saturated rings. The summed E-state index contributed by atoms with van der Waals surface area (Å²) in [6, 6.07) is 10.1. The summed E-state index contributed by atoms with van der Waals surface area (Å²) >= 11 is 0. The average Bonchev–Trinajstić information content (AvgIpc) is 2.39. The molecule has 1 heterocycles. The largest absolute Gasteiger partial charge is 0.378 e. The van der Waals surface area contributed by atoms with Gasteiger partial charge in [0.25, 0.3) is 0 Å². The van der Waals surface area contributed by atoms with Crippen LogP contribution in [-0.4, -0.2) is 30.6 Å². The van der Waals surface area contributed by atoms with E-state index in [0.29, 0.717) is 0 Å². The number of rotatable bonds is 4. The number of hydrogen-bond acceptors (Lipinski definition) is 4. The highest BCUT2D eigenvalue weighted by molar-refractivity contribution is 5.63. The van der Waals surface area contributed by atoms with Crippen LogP contribution in [0.25, 0.3) is 11.4 Å². The maximum absolute atomic E-state index is 4.49. The van der Waals surface area contributed by atoms with Crippen molar-refractivity contribution in [3.8, 4) is 11.4 Å². The molecule has 1 aromatic heterocycles. The van der Waals surface area contributed by atoms with E-state index in [0.717, 1.165) is 29.4 Å². The van der Waals surface area contributed by atoms with Crippen molar-refractivity contribution in [2.45, 2.75) is 6.92 Å². The first-order valence-corrected chi connectivity index (χ1v) is 6.05. The van der Waals surface area contributed by atoms with Gasteiger partial charge in [-0.25, -0.2) is 9.97 Å². The van der Waals surface area contributed by atoms with Gasteiger partial charge in [0.15, 0.2) is 5.82 Å². The van der Waals surface area contributed by atoms with E-state index in [9.17, 15) is 0 Å². The standard InChI is InChI=1S/C14H18N4/c1-4-15-13-8-9-16-14(17-13)11-6-5-7-12(10-11)18(2)3/h5-10H,4H2,1-3H3,(H,15,16,17). The molecule has 1 aromatic carbocycles. The van der Waals surface area contributed by atoms with Gasteiger partial charge >= 0.3 is 0 Å². The predicted molar refractivity (Wildman–Crippen MR) is 76.0 cm³/mol. The van der Waals surface area contributed by atoms with Crippen molar-refractivity contribution in [2.24, 2.45) is 0 Å². The van der Waals surface area contributed by atoms with Gasteiger partial charge in [0.2, 0.25) is 0 Å². The highest BCUT2D eigenvalue weighted by Gasteiger charge is 2.04. The molecule has 0 bridgehead atoms. The molecule has 0 amide bonds. The lowest BCUT2D eigenvalue weighted by molar-refractivity contribution is 1.11. The second-order valence-corrected chi connectivity index (χ2v) is 4.24. The van der Waals surface area contributed by atoms with Gasteiger partial charge in [0.05, 0.1) is 0 Å². The highest BCUT2D eigenvalue weighted by Crippen LogP contribution is 2.21. The molecule has 94 valence electrons. The molecule has 0 spiro atoms. The quantitative estimate of drug-likeness (QED) is 0.895. The number of nitrogens with one attached hydrogen (secondary N) is 1.